The maximum atomic E-state index is 11.3. The molecule has 21 heavy (non-hydrogen) atoms. The summed E-state index contributed by atoms with van der Waals surface area (Å²) in [7, 11) is 0. The van der Waals surface area contributed by atoms with Crippen molar-refractivity contribution in [1.82, 2.24) is 0 Å². The zero-order valence-electron chi connectivity index (χ0n) is 12.7. The first-order valence-electron chi connectivity index (χ1n) is 7.38. The van der Waals surface area contributed by atoms with Gasteiger partial charge in [0.05, 0.1) is 6.10 Å². The summed E-state index contributed by atoms with van der Waals surface area (Å²) in [5, 5.41) is 29.4. The van der Waals surface area contributed by atoms with Crippen molar-refractivity contribution >= 4 is 5.78 Å². The van der Waals surface area contributed by atoms with Gasteiger partial charge in [-0.05, 0) is 30.9 Å². The fourth-order valence-corrected chi connectivity index (χ4v) is 2.34. The normalized spacial score (nSPS) is 13.9. The van der Waals surface area contributed by atoms with E-state index in [1.165, 1.54) is 6.07 Å². The Kier molecular flexibility index (Phi) is 6.65. The molecule has 1 rings (SSSR count). The molecule has 1 unspecified atom stereocenters. The van der Waals surface area contributed by atoms with Crippen LogP contribution in [-0.4, -0.2) is 33.2 Å². The zero-order valence-corrected chi connectivity index (χ0v) is 12.7. The van der Waals surface area contributed by atoms with E-state index >= 15 is 0 Å². The molecule has 0 saturated carbocycles. The van der Waals surface area contributed by atoms with Gasteiger partial charge in [0, 0.05) is 24.4 Å². The van der Waals surface area contributed by atoms with Crippen molar-refractivity contribution in [2.75, 3.05) is 0 Å². The molecule has 5 N–H and O–H groups in total. The largest absolute Gasteiger partial charge is 0.504 e. The van der Waals surface area contributed by atoms with Crippen LogP contribution < -0.4 is 5.73 Å². The van der Waals surface area contributed by atoms with Crippen LogP contribution >= 0.6 is 0 Å². The second-order valence-corrected chi connectivity index (χ2v) is 5.29. The van der Waals surface area contributed by atoms with Gasteiger partial charge in [-0.3, -0.25) is 4.79 Å². The van der Waals surface area contributed by atoms with Gasteiger partial charge in [-0.2, -0.15) is 0 Å². The Bertz CT molecular complexity index is 487. The first-order chi connectivity index (χ1) is 9.90. The van der Waals surface area contributed by atoms with Crippen molar-refractivity contribution in [2.45, 2.75) is 58.1 Å². The lowest BCUT2D eigenvalue weighted by Gasteiger charge is -2.20. The molecule has 0 spiro atoms. The smallest absolute Gasteiger partial charge is 0.160 e. The number of nitrogens with two attached hydrogens (primary N) is 1. The molecule has 0 saturated heterocycles. The van der Waals surface area contributed by atoms with Crippen LogP contribution in [0.15, 0.2) is 12.1 Å². The number of carbonyl (C=O) groups is 1. The first kappa shape index (κ1) is 17.5. The van der Waals surface area contributed by atoms with Crippen LogP contribution in [0.4, 0.5) is 0 Å². The van der Waals surface area contributed by atoms with Gasteiger partial charge in [0.25, 0.3) is 0 Å². The molecule has 0 fully saturated rings. The number of carbonyl (C=O) groups excluding carboxylic acids is 1. The predicted octanol–water partition coefficient (Wildman–Crippen LogP) is 1.65. The zero-order chi connectivity index (χ0) is 16.0. The average Bonchev–Trinajstić information content (AvgIpc) is 2.48. The minimum absolute atomic E-state index is 0.109. The molecular weight excluding hydrogens is 270 g/mol. The molecule has 0 bridgehead atoms. The van der Waals surface area contributed by atoms with Crippen molar-refractivity contribution in [3.05, 3.63) is 23.3 Å². The van der Waals surface area contributed by atoms with Crippen molar-refractivity contribution in [3.8, 4) is 11.5 Å². The van der Waals surface area contributed by atoms with Crippen LogP contribution in [0.3, 0.4) is 0 Å². The topological polar surface area (TPSA) is 104 Å². The Hall–Kier alpha value is -1.59. The minimum atomic E-state index is -0.763. The summed E-state index contributed by atoms with van der Waals surface area (Å²) >= 11 is 0. The average molecular weight is 295 g/mol. The van der Waals surface area contributed by atoms with Crippen molar-refractivity contribution in [2.24, 2.45) is 5.73 Å². The van der Waals surface area contributed by atoms with Crippen molar-refractivity contribution in [3.63, 3.8) is 0 Å². The number of hydrogen-bond acceptors (Lipinski definition) is 5. The number of aromatic hydroxyl groups is 2. The summed E-state index contributed by atoms with van der Waals surface area (Å²) in [5.74, 6) is -0.172. The summed E-state index contributed by atoms with van der Waals surface area (Å²) in [6.45, 7) is 3.67. The number of Topliss-reactive ketones (excluding diaryl/α,β-unsaturated/α-hetero) is 1. The van der Waals surface area contributed by atoms with Gasteiger partial charge < -0.3 is 21.1 Å². The molecule has 0 amide bonds. The van der Waals surface area contributed by atoms with E-state index in [2.05, 4.69) is 0 Å². The Morgan fingerprint density at radius 1 is 1.29 bits per heavy atom. The van der Waals surface area contributed by atoms with Gasteiger partial charge >= 0.3 is 0 Å². The van der Waals surface area contributed by atoms with E-state index in [9.17, 15) is 20.1 Å². The van der Waals surface area contributed by atoms with Crippen LogP contribution in [0, 0.1) is 0 Å². The minimum Gasteiger partial charge on any atom is -0.504 e. The summed E-state index contributed by atoms with van der Waals surface area (Å²) in [6.07, 6.45) is 1.33. The SMILES string of the molecule is CCC(=O)CC[C@@H](O)C(N)Cc1ccc(O)c(O)c1CC. The molecule has 118 valence electrons. The highest BCUT2D eigenvalue weighted by molar-refractivity contribution is 5.77. The summed E-state index contributed by atoms with van der Waals surface area (Å²) in [5.41, 5.74) is 7.43. The van der Waals surface area contributed by atoms with E-state index in [1.807, 2.05) is 6.92 Å². The quantitative estimate of drug-likeness (QED) is 0.546. The summed E-state index contributed by atoms with van der Waals surface area (Å²) in [6, 6.07) is 2.62. The first-order valence-corrected chi connectivity index (χ1v) is 7.38. The lowest BCUT2D eigenvalue weighted by Crippen LogP contribution is -2.37. The lowest BCUT2D eigenvalue weighted by molar-refractivity contribution is -0.119. The molecule has 0 radical (unpaired) electrons. The van der Waals surface area contributed by atoms with Gasteiger partial charge in [-0.1, -0.05) is 19.9 Å². The van der Waals surface area contributed by atoms with Crippen LogP contribution in [-0.2, 0) is 17.6 Å². The fourth-order valence-electron chi connectivity index (χ4n) is 2.34. The number of benzene rings is 1. The number of phenolic OH excluding ortho intramolecular Hbond substituents is 2. The molecule has 2 atom stereocenters. The van der Waals surface area contributed by atoms with E-state index in [0.717, 1.165) is 5.56 Å². The molecular formula is C16H25NO4. The number of ketones is 1. The second-order valence-electron chi connectivity index (χ2n) is 5.29. The van der Waals surface area contributed by atoms with Crippen LogP contribution in [0.2, 0.25) is 0 Å². The molecule has 0 aliphatic carbocycles. The molecule has 0 heterocycles. The maximum absolute atomic E-state index is 11.3. The Balaban J connectivity index is 2.72. The maximum Gasteiger partial charge on any atom is 0.160 e. The Morgan fingerprint density at radius 3 is 2.52 bits per heavy atom. The highest BCUT2D eigenvalue weighted by Gasteiger charge is 2.19. The van der Waals surface area contributed by atoms with Crippen molar-refractivity contribution < 1.29 is 20.1 Å². The van der Waals surface area contributed by atoms with E-state index < -0.39 is 12.1 Å². The summed E-state index contributed by atoms with van der Waals surface area (Å²) in [4.78, 5) is 11.3. The van der Waals surface area contributed by atoms with Gasteiger partial charge in [-0.15, -0.1) is 0 Å². The Labute approximate surface area is 125 Å². The summed E-state index contributed by atoms with van der Waals surface area (Å²) < 4.78 is 0. The third kappa shape index (κ3) is 4.72. The van der Waals surface area contributed by atoms with Gasteiger partial charge in [0.15, 0.2) is 11.5 Å². The monoisotopic (exact) mass is 295 g/mol. The van der Waals surface area contributed by atoms with Crippen LogP contribution in [0.25, 0.3) is 0 Å². The fraction of sp³-hybridized carbons (Fsp3) is 0.562. The van der Waals surface area contributed by atoms with E-state index in [1.54, 1.807) is 13.0 Å². The van der Waals surface area contributed by atoms with Crippen molar-refractivity contribution in [1.29, 1.82) is 0 Å². The third-order valence-electron chi connectivity index (χ3n) is 3.78. The number of hydrogen-bond donors (Lipinski definition) is 4. The molecule has 0 aliphatic heterocycles. The van der Waals surface area contributed by atoms with Gasteiger partial charge in [-0.25, -0.2) is 0 Å². The van der Waals surface area contributed by atoms with Crippen LogP contribution in [0.5, 0.6) is 11.5 Å². The van der Waals surface area contributed by atoms with E-state index in [-0.39, 0.29) is 17.3 Å². The Morgan fingerprint density at radius 2 is 1.95 bits per heavy atom. The predicted molar refractivity (Wildman–Crippen MR) is 81.4 cm³/mol. The molecule has 1 aromatic carbocycles. The van der Waals surface area contributed by atoms with Crippen LogP contribution in [0.1, 0.15) is 44.2 Å². The lowest BCUT2D eigenvalue weighted by atomic mass is 9.93. The van der Waals surface area contributed by atoms with Gasteiger partial charge in [0.2, 0.25) is 0 Å². The number of phenols is 2. The number of aliphatic hydroxyl groups excluding tert-OH is 1. The highest BCUT2D eigenvalue weighted by Crippen LogP contribution is 2.32. The van der Waals surface area contributed by atoms with E-state index in [0.29, 0.717) is 37.7 Å². The molecule has 0 aromatic heterocycles. The number of rotatable bonds is 8. The standard InChI is InChI=1S/C16H25NO4/c1-3-11(18)6-8-14(19)13(17)9-10-5-7-15(20)16(21)12(10)4-2/h5,7,13-14,19-21H,3-4,6,8-9,17H2,1-2H3/t13?,14-/m1/s1. The van der Waals surface area contributed by atoms with E-state index in [4.69, 9.17) is 5.73 Å². The second kappa shape index (κ2) is 8.00. The molecule has 5 heteroatoms. The number of aliphatic hydroxyl groups is 1. The molecule has 5 nitrogen and oxygen atoms in total. The highest BCUT2D eigenvalue weighted by atomic mass is 16.3. The molecule has 0 aliphatic rings. The molecule has 1 aromatic rings. The third-order valence-corrected chi connectivity index (χ3v) is 3.78. The van der Waals surface area contributed by atoms with Gasteiger partial charge in [0.1, 0.15) is 5.78 Å².